The van der Waals surface area contributed by atoms with Crippen LogP contribution in [-0.2, 0) is 4.79 Å². The van der Waals surface area contributed by atoms with Crippen LogP contribution in [0.5, 0.6) is 5.75 Å². The van der Waals surface area contributed by atoms with Crippen molar-refractivity contribution in [3.05, 3.63) is 29.8 Å². The Morgan fingerprint density at radius 2 is 2.27 bits per heavy atom. The molecule has 3 heteroatoms. The smallest absolute Gasteiger partial charge is 0.260 e. The predicted molar refractivity (Wildman–Crippen MR) is 60.0 cm³/mol. The van der Waals surface area contributed by atoms with E-state index in [2.05, 4.69) is 5.32 Å². The van der Waals surface area contributed by atoms with Crippen molar-refractivity contribution < 1.29 is 9.53 Å². The fourth-order valence-corrected chi connectivity index (χ4v) is 1.26. The molecule has 0 bridgehead atoms. The molecule has 1 amide bonds. The van der Waals surface area contributed by atoms with Gasteiger partial charge in [0.1, 0.15) is 5.75 Å². The van der Waals surface area contributed by atoms with Gasteiger partial charge < -0.3 is 10.1 Å². The fourth-order valence-electron chi connectivity index (χ4n) is 1.26. The van der Waals surface area contributed by atoms with Gasteiger partial charge in [-0.2, -0.15) is 0 Å². The lowest BCUT2D eigenvalue weighted by Crippen LogP contribution is -2.36. The molecule has 1 atom stereocenters. The van der Waals surface area contributed by atoms with Crippen LogP contribution in [0.2, 0.25) is 0 Å². The van der Waals surface area contributed by atoms with Crippen LogP contribution in [0.3, 0.4) is 0 Å². The maximum Gasteiger partial charge on any atom is 0.260 e. The zero-order chi connectivity index (χ0) is 11.3. The summed E-state index contributed by atoms with van der Waals surface area (Å²) in [5.74, 6) is 0.646. The van der Waals surface area contributed by atoms with Crippen molar-refractivity contribution in [2.75, 3.05) is 6.54 Å². The van der Waals surface area contributed by atoms with E-state index in [-0.39, 0.29) is 5.91 Å². The van der Waals surface area contributed by atoms with Crippen LogP contribution in [0.15, 0.2) is 24.3 Å². The van der Waals surface area contributed by atoms with Gasteiger partial charge in [-0.3, -0.25) is 4.79 Å². The van der Waals surface area contributed by atoms with Crippen LogP contribution in [0.1, 0.15) is 19.4 Å². The summed E-state index contributed by atoms with van der Waals surface area (Å²) < 4.78 is 5.50. The van der Waals surface area contributed by atoms with Crippen molar-refractivity contribution in [2.24, 2.45) is 0 Å². The number of hydrogen-bond acceptors (Lipinski definition) is 2. The number of rotatable bonds is 4. The van der Waals surface area contributed by atoms with E-state index in [0.29, 0.717) is 6.54 Å². The molecular weight excluding hydrogens is 190 g/mol. The molecule has 0 aromatic heterocycles. The van der Waals surface area contributed by atoms with Gasteiger partial charge in [0.2, 0.25) is 0 Å². The van der Waals surface area contributed by atoms with Crippen molar-refractivity contribution in [3.8, 4) is 5.75 Å². The first-order valence-corrected chi connectivity index (χ1v) is 5.14. The number of carbonyl (C=O) groups is 1. The summed E-state index contributed by atoms with van der Waals surface area (Å²) >= 11 is 0. The number of carbonyl (C=O) groups excluding carboxylic acids is 1. The first-order chi connectivity index (χ1) is 7.13. The summed E-state index contributed by atoms with van der Waals surface area (Å²) in [7, 11) is 0. The van der Waals surface area contributed by atoms with Gasteiger partial charge in [0.25, 0.3) is 5.91 Å². The average molecular weight is 207 g/mol. The Morgan fingerprint density at radius 3 is 2.87 bits per heavy atom. The van der Waals surface area contributed by atoms with Gasteiger partial charge in [-0.15, -0.1) is 0 Å². The zero-order valence-electron chi connectivity index (χ0n) is 9.41. The van der Waals surface area contributed by atoms with Gasteiger partial charge in [-0.1, -0.05) is 12.1 Å². The monoisotopic (exact) mass is 207 g/mol. The molecule has 0 heterocycles. The van der Waals surface area contributed by atoms with Crippen molar-refractivity contribution in [1.29, 1.82) is 0 Å². The SMILES string of the molecule is CCNC(=O)[C@H](C)Oc1cccc(C)c1. The maximum atomic E-state index is 11.4. The number of likely N-dealkylation sites (N-methyl/N-ethyl adjacent to an activating group) is 1. The van der Waals surface area contributed by atoms with E-state index in [9.17, 15) is 4.79 Å². The molecule has 0 unspecified atom stereocenters. The molecule has 15 heavy (non-hydrogen) atoms. The Bertz CT molecular complexity index is 336. The number of nitrogens with one attached hydrogen (secondary N) is 1. The Hall–Kier alpha value is -1.51. The van der Waals surface area contributed by atoms with Crippen LogP contribution >= 0.6 is 0 Å². The van der Waals surface area contributed by atoms with Crippen LogP contribution in [0, 0.1) is 6.92 Å². The van der Waals surface area contributed by atoms with Gasteiger partial charge in [0.15, 0.2) is 6.10 Å². The third-order valence-corrected chi connectivity index (χ3v) is 2.02. The highest BCUT2D eigenvalue weighted by Gasteiger charge is 2.12. The highest BCUT2D eigenvalue weighted by Crippen LogP contribution is 2.13. The molecular formula is C12H17NO2. The van der Waals surface area contributed by atoms with E-state index >= 15 is 0 Å². The lowest BCUT2D eigenvalue weighted by atomic mass is 10.2. The van der Waals surface area contributed by atoms with E-state index in [1.807, 2.05) is 38.1 Å². The normalized spacial score (nSPS) is 11.9. The Balaban J connectivity index is 2.58. The second kappa shape index (κ2) is 5.39. The van der Waals surface area contributed by atoms with Gasteiger partial charge in [0, 0.05) is 6.54 Å². The summed E-state index contributed by atoms with van der Waals surface area (Å²) in [6.07, 6.45) is -0.452. The number of hydrogen-bond donors (Lipinski definition) is 1. The first-order valence-electron chi connectivity index (χ1n) is 5.14. The highest BCUT2D eigenvalue weighted by molar-refractivity contribution is 5.80. The lowest BCUT2D eigenvalue weighted by molar-refractivity contribution is -0.127. The van der Waals surface area contributed by atoms with Gasteiger partial charge in [-0.25, -0.2) is 0 Å². The van der Waals surface area contributed by atoms with E-state index in [1.165, 1.54) is 0 Å². The summed E-state index contributed by atoms with van der Waals surface area (Å²) in [5.41, 5.74) is 1.12. The maximum absolute atomic E-state index is 11.4. The van der Waals surface area contributed by atoms with Crippen LogP contribution in [0.25, 0.3) is 0 Å². The second-order valence-corrected chi connectivity index (χ2v) is 3.47. The molecule has 1 N–H and O–H groups in total. The fraction of sp³-hybridized carbons (Fsp3) is 0.417. The van der Waals surface area contributed by atoms with E-state index in [1.54, 1.807) is 6.92 Å². The van der Waals surface area contributed by atoms with E-state index < -0.39 is 6.10 Å². The molecule has 0 saturated carbocycles. The first kappa shape index (κ1) is 11.6. The van der Waals surface area contributed by atoms with Crippen molar-refractivity contribution in [3.63, 3.8) is 0 Å². The second-order valence-electron chi connectivity index (χ2n) is 3.47. The van der Waals surface area contributed by atoms with Crippen LogP contribution in [0.4, 0.5) is 0 Å². The number of ether oxygens (including phenoxy) is 1. The zero-order valence-corrected chi connectivity index (χ0v) is 9.41. The van der Waals surface area contributed by atoms with E-state index in [4.69, 9.17) is 4.74 Å². The molecule has 0 aliphatic rings. The Labute approximate surface area is 90.4 Å². The Kier molecular flexibility index (Phi) is 4.16. The van der Waals surface area contributed by atoms with Crippen LogP contribution in [-0.4, -0.2) is 18.6 Å². The summed E-state index contributed by atoms with van der Waals surface area (Å²) in [5, 5.41) is 2.72. The van der Waals surface area contributed by atoms with Gasteiger partial charge >= 0.3 is 0 Å². The molecule has 0 spiro atoms. The molecule has 1 aromatic rings. The minimum absolute atomic E-state index is 0.0843. The third kappa shape index (κ3) is 3.62. The summed E-state index contributed by atoms with van der Waals surface area (Å²) in [6.45, 7) is 6.24. The largest absolute Gasteiger partial charge is 0.481 e. The minimum Gasteiger partial charge on any atom is -0.481 e. The van der Waals surface area contributed by atoms with Crippen LogP contribution < -0.4 is 10.1 Å². The number of amides is 1. The molecule has 0 aliphatic carbocycles. The summed E-state index contributed by atoms with van der Waals surface area (Å²) in [4.78, 5) is 11.4. The van der Waals surface area contributed by atoms with Gasteiger partial charge in [0.05, 0.1) is 0 Å². The Morgan fingerprint density at radius 1 is 1.53 bits per heavy atom. The highest BCUT2D eigenvalue weighted by atomic mass is 16.5. The molecule has 0 aliphatic heterocycles. The predicted octanol–water partition coefficient (Wildman–Crippen LogP) is 1.90. The molecule has 1 aromatic carbocycles. The standard InChI is InChI=1S/C12H17NO2/c1-4-13-12(14)10(3)15-11-7-5-6-9(2)8-11/h5-8,10H,4H2,1-3H3,(H,13,14)/t10-/m0/s1. The third-order valence-electron chi connectivity index (χ3n) is 2.02. The van der Waals surface area contributed by atoms with Crippen molar-refractivity contribution in [1.82, 2.24) is 5.32 Å². The quantitative estimate of drug-likeness (QED) is 0.819. The summed E-state index contributed by atoms with van der Waals surface area (Å²) in [6, 6.07) is 7.66. The van der Waals surface area contributed by atoms with Gasteiger partial charge in [-0.05, 0) is 38.5 Å². The number of aryl methyl sites for hydroxylation is 1. The molecule has 82 valence electrons. The number of benzene rings is 1. The average Bonchev–Trinajstić information content (AvgIpc) is 2.18. The molecule has 0 saturated heterocycles. The molecule has 0 radical (unpaired) electrons. The van der Waals surface area contributed by atoms with E-state index in [0.717, 1.165) is 11.3 Å². The van der Waals surface area contributed by atoms with Crippen molar-refractivity contribution in [2.45, 2.75) is 26.9 Å². The minimum atomic E-state index is -0.452. The molecule has 3 nitrogen and oxygen atoms in total. The molecule has 1 rings (SSSR count). The topological polar surface area (TPSA) is 38.3 Å². The lowest BCUT2D eigenvalue weighted by Gasteiger charge is -2.14. The van der Waals surface area contributed by atoms with Crippen molar-refractivity contribution >= 4 is 5.91 Å². The molecule has 0 fully saturated rings.